The van der Waals surface area contributed by atoms with Gasteiger partial charge < -0.3 is 14.2 Å². The van der Waals surface area contributed by atoms with Crippen molar-refractivity contribution in [2.45, 2.75) is 386 Å². The van der Waals surface area contributed by atoms with Gasteiger partial charge in [-0.05, 0) is 57.8 Å². The number of ether oxygens (including phenoxy) is 3. The zero-order valence-corrected chi connectivity index (χ0v) is 53.2. The lowest BCUT2D eigenvalue weighted by molar-refractivity contribution is -0.167. The predicted octanol–water partition coefficient (Wildman–Crippen LogP) is 24.1. The second-order valence-corrected chi connectivity index (χ2v) is 23.8. The van der Waals surface area contributed by atoms with Crippen LogP contribution in [-0.4, -0.2) is 37.2 Å². The van der Waals surface area contributed by atoms with Gasteiger partial charge in [-0.2, -0.15) is 0 Å². The quantitative estimate of drug-likeness (QED) is 0.0261. The molecule has 0 aliphatic heterocycles. The maximum Gasteiger partial charge on any atom is 0.306 e. The van der Waals surface area contributed by atoms with Crippen molar-refractivity contribution < 1.29 is 28.6 Å². The molecule has 0 heterocycles. The van der Waals surface area contributed by atoms with Gasteiger partial charge >= 0.3 is 17.9 Å². The minimum absolute atomic E-state index is 0.0710. The summed E-state index contributed by atoms with van der Waals surface area (Å²) < 4.78 is 17.0. The summed E-state index contributed by atoms with van der Waals surface area (Å²) in [4.78, 5) is 38.4. The van der Waals surface area contributed by atoms with Crippen LogP contribution in [0.15, 0.2) is 48.6 Å². The molecule has 462 valence electrons. The lowest BCUT2D eigenvalue weighted by atomic mass is 10.0. The lowest BCUT2D eigenvalue weighted by Gasteiger charge is -2.18. The molecule has 0 amide bonds. The number of hydrogen-bond donors (Lipinski definition) is 0. The van der Waals surface area contributed by atoms with Crippen molar-refractivity contribution in [1.82, 2.24) is 0 Å². The molecule has 0 fully saturated rings. The van der Waals surface area contributed by atoms with Gasteiger partial charge in [-0.3, -0.25) is 14.4 Å². The lowest BCUT2D eigenvalue weighted by Crippen LogP contribution is -2.30. The fourth-order valence-electron chi connectivity index (χ4n) is 10.6. The number of carbonyl (C=O) groups is 3. The normalized spacial score (nSPS) is 12.3. The first-order valence-electron chi connectivity index (χ1n) is 35.1. The number of rotatable bonds is 65. The standard InChI is InChI=1S/C73H134O6/c1-4-7-10-13-16-19-22-25-27-29-31-33-34-35-36-37-38-40-41-43-45-48-51-54-57-60-63-66-72(75)78-69-70(68-77-71(74)65-62-59-56-53-50-47-24-21-18-15-12-9-6-3)79-73(76)67-64-61-58-55-52-49-46-44-42-39-32-30-28-26-23-20-17-14-11-8-5-2/h8,11,17,20,26,28,32,39,70H,4-7,9-10,12-16,18-19,21-25,27,29-31,33-38,40-69H2,1-3H3/b11-8-,20-17-,28-26-,39-32-. The molecule has 0 saturated heterocycles. The van der Waals surface area contributed by atoms with Crippen LogP contribution in [0.2, 0.25) is 0 Å². The molecule has 0 aliphatic carbocycles. The molecule has 0 aromatic heterocycles. The molecule has 0 saturated carbocycles. The first kappa shape index (κ1) is 76.4. The fourth-order valence-corrected chi connectivity index (χ4v) is 10.6. The van der Waals surface area contributed by atoms with E-state index >= 15 is 0 Å². The Morgan fingerprint density at radius 1 is 0.266 bits per heavy atom. The Hall–Kier alpha value is -2.63. The summed E-state index contributed by atoms with van der Waals surface area (Å²) in [5, 5.41) is 0. The smallest absolute Gasteiger partial charge is 0.306 e. The molecular weight excluding hydrogens is 973 g/mol. The maximum absolute atomic E-state index is 12.9. The van der Waals surface area contributed by atoms with Crippen molar-refractivity contribution in [2.75, 3.05) is 13.2 Å². The van der Waals surface area contributed by atoms with Crippen molar-refractivity contribution >= 4 is 17.9 Å². The van der Waals surface area contributed by atoms with Gasteiger partial charge in [-0.25, -0.2) is 0 Å². The van der Waals surface area contributed by atoms with E-state index in [2.05, 4.69) is 69.4 Å². The van der Waals surface area contributed by atoms with Gasteiger partial charge in [0, 0.05) is 19.3 Å². The molecule has 0 bridgehead atoms. The maximum atomic E-state index is 12.9. The Balaban J connectivity index is 4.22. The van der Waals surface area contributed by atoms with E-state index in [-0.39, 0.29) is 31.1 Å². The first-order valence-corrected chi connectivity index (χ1v) is 35.1. The second-order valence-electron chi connectivity index (χ2n) is 23.8. The van der Waals surface area contributed by atoms with Crippen molar-refractivity contribution in [1.29, 1.82) is 0 Å². The molecule has 0 aliphatic rings. The third-order valence-corrected chi connectivity index (χ3v) is 15.8. The molecule has 1 unspecified atom stereocenters. The molecule has 6 nitrogen and oxygen atoms in total. The zero-order valence-electron chi connectivity index (χ0n) is 53.2. The number of carbonyl (C=O) groups excluding carboxylic acids is 3. The molecular formula is C73H134O6. The summed E-state index contributed by atoms with van der Waals surface area (Å²) in [7, 11) is 0. The van der Waals surface area contributed by atoms with Crippen molar-refractivity contribution in [3.63, 3.8) is 0 Å². The van der Waals surface area contributed by atoms with Gasteiger partial charge in [0.05, 0.1) is 0 Å². The van der Waals surface area contributed by atoms with Crippen LogP contribution < -0.4 is 0 Å². The highest BCUT2D eigenvalue weighted by atomic mass is 16.6. The average molecular weight is 1110 g/mol. The summed E-state index contributed by atoms with van der Waals surface area (Å²) in [6, 6.07) is 0. The van der Waals surface area contributed by atoms with E-state index in [1.54, 1.807) is 0 Å². The zero-order chi connectivity index (χ0) is 57.1. The third kappa shape index (κ3) is 66.1. The topological polar surface area (TPSA) is 78.9 Å². The van der Waals surface area contributed by atoms with E-state index in [1.807, 2.05) is 0 Å². The molecule has 79 heavy (non-hydrogen) atoms. The highest BCUT2D eigenvalue weighted by Gasteiger charge is 2.19. The van der Waals surface area contributed by atoms with E-state index in [0.717, 1.165) is 89.9 Å². The van der Waals surface area contributed by atoms with E-state index in [0.29, 0.717) is 19.3 Å². The van der Waals surface area contributed by atoms with Crippen LogP contribution in [0.3, 0.4) is 0 Å². The molecule has 0 aromatic rings. The minimum atomic E-state index is -0.775. The van der Waals surface area contributed by atoms with Crippen LogP contribution >= 0.6 is 0 Å². The van der Waals surface area contributed by atoms with Gasteiger partial charge in [0.1, 0.15) is 13.2 Å². The van der Waals surface area contributed by atoms with Crippen LogP contribution in [0.4, 0.5) is 0 Å². The Bertz CT molecular complexity index is 1360. The van der Waals surface area contributed by atoms with E-state index in [4.69, 9.17) is 14.2 Å². The summed E-state index contributed by atoms with van der Waals surface area (Å²) in [5.41, 5.74) is 0. The van der Waals surface area contributed by atoms with Crippen LogP contribution in [0.1, 0.15) is 380 Å². The number of allylic oxidation sites excluding steroid dienone is 8. The fraction of sp³-hybridized carbons (Fsp3) is 0.849. The molecule has 0 N–H and O–H groups in total. The highest BCUT2D eigenvalue weighted by molar-refractivity contribution is 5.71. The van der Waals surface area contributed by atoms with Crippen LogP contribution in [0.5, 0.6) is 0 Å². The van der Waals surface area contributed by atoms with Crippen LogP contribution in [-0.2, 0) is 28.6 Å². The predicted molar refractivity (Wildman–Crippen MR) is 344 cm³/mol. The Morgan fingerprint density at radius 2 is 0.494 bits per heavy atom. The largest absolute Gasteiger partial charge is 0.462 e. The average Bonchev–Trinajstić information content (AvgIpc) is 3.45. The molecule has 1 atom stereocenters. The highest BCUT2D eigenvalue weighted by Crippen LogP contribution is 2.19. The summed E-state index contributed by atoms with van der Waals surface area (Å²) in [6.07, 6.45) is 85.7. The van der Waals surface area contributed by atoms with E-state index in [9.17, 15) is 14.4 Å². The summed E-state index contributed by atoms with van der Waals surface area (Å²) >= 11 is 0. The van der Waals surface area contributed by atoms with Crippen molar-refractivity contribution in [3.05, 3.63) is 48.6 Å². The Morgan fingerprint density at radius 3 is 0.772 bits per heavy atom. The number of unbranched alkanes of at least 4 members (excludes halogenated alkanes) is 46. The van der Waals surface area contributed by atoms with Gasteiger partial charge in [0.25, 0.3) is 0 Å². The molecule has 0 aromatic carbocycles. The van der Waals surface area contributed by atoms with Gasteiger partial charge in [0.2, 0.25) is 0 Å². The van der Waals surface area contributed by atoms with Gasteiger partial charge in [-0.1, -0.05) is 352 Å². The summed E-state index contributed by atoms with van der Waals surface area (Å²) in [6.45, 7) is 6.59. The monoisotopic (exact) mass is 1110 g/mol. The molecule has 6 heteroatoms. The van der Waals surface area contributed by atoms with Gasteiger partial charge in [-0.15, -0.1) is 0 Å². The van der Waals surface area contributed by atoms with Crippen molar-refractivity contribution in [2.24, 2.45) is 0 Å². The minimum Gasteiger partial charge on any atom is -0.462 e. The SMILES string of the molecule is CC/C=C\C/C=C\C/C=C\C/C=C\CCCCCCCCCCC(=O)OC(COC(=O)CCCCCCCCCCCCCCC)COC(=O)CCCCCCCCCCCCCCCCCCCCCCCCCCCCC. The Labute approximate surface area is 492 Å². The van der Waals surface area contributed by atoms with E-state index < -0.39 is 6.10 Å². The first-order chi connectivity index (χ1) is 39.0. The summed E-state index contributed by atoms with van der Waals surface area (Å²) in [5.74, 6) is -0.852. The third-order valence-electron chi connectivity index (χ3n) is 15.8. The Kier molecular flexibility index (Phi) is 65.6. The van der Waals surface area contributed by atoms with Crippen LogP contribution in [0.25, 0.3) is 0 Å². The molecule has 0 radical (unpaired) electrons. The number of hydrogen-bond acceptors (Lipinski definition) is 6. The van der Waals surface area contributed by atoms with Crippen LogP contribution in [0, 0.1) is 0 Å². The van der Waals surface area contributed by atoms with Crippen molar-refractivity contribution in [3.8, 4) is 0 Å². The van der Waals surface area contributed by atoms with Gasteiger partial charge in [0.15, 0.2) is 6.10 Å². The molecule has 0 spiro atoms. The number of esters is 3. The van der Waals surface area contributed by atoms with E-state index in [1.165, 1.54) is 250 Å². The second kappa shape index (κ2) is 67.9. The molecule has 0 rings (SSSR count).